The van der Waals surface area contributed by atoms with E-state index in [1.807, 2.05) is 0 Å². The Morgan fingerprint density at radius 1 is 0.300 bits per heavy atom. The fourth-order valence-corrected chi connectivity index (χ4v) is 9.59. The zero-order valence-corrected chi connectivity index (χ0v) is 33.8. The molecule has 0 aromatic heterocycles. The molecule has 0 radical (unpaired) electrons. The van der Waals surface area contributed by atoms with Gasteiger partial charge in [0.05, 0.1) is 5.69 Å². The first-order valence-corrected chi connectivity index (χ1v) is 20.9. The Morgan fingerprint density at radius 3 is 1.43 bits per heavy atom. The third-order valence-electron chi connectivity index (χ3n) is 12.7. The van der Waals surface area contributed by atoms with E-state index in [-0.39, 0.29) is 5.41 Å². The molecule has 0 atom stereocenters. The average Bonchev–Trinajstić information content (AvgIpc) is 3.55. The van der Waals surface area contributed by atoms with Gasteiger partial charge in [0.25, 0.3) is 0 Å². The van der Waals surface area contributed by atoms with Gasteiger partial charge >= 0.3 is 0 Å². The van der Waals surface area contributed by atoms with E-state index in [2.05, 4.69) is 243 Å². The van der Waals surface area contributed by atoms with Crippen LogP contribution in [0.15, 0.2) is 224 Å². The third kappa shape index (κ3) is 6.01. The maximum absolute atomic E-state index is 2.50. The van der Waals surface area contributed by atoms with Gasteiger partial charge in [-0.15, -0.1) is 0 Å². The van der Waals surface area contributed by atoms with Crippen LogP contribution in [-0.4, -0.2) is 0 Å². The Bertz CT molecular complexity index is 3200. The molecule has 1 aliphatic rings. The fraction of sp³-hybridized carbons (Fsp3) is 0.0508. The number of anilines is 3. The number of rotatable bonds is 7. The zero-order chi connectivity index (χ0) is 40.2. The molecule has 11 rings (SSSR count). The molecule has 1 nitrogen and oxygen atoms in total. The van der Waals surface area contributed by atoms with E-state index in [1.54, 1.807) is 0 Å². The van der Waals surface area contributed by atoms with E-state index >= 15 is 0 Å². The lowest BCUT2D eigenvalue weighted by atomic mass is 9.82. The average molecular weight is 766 g/mol. The lowest BCUT2D eigenvalue weighted by Crippen LogP contribution is -2.16. The lowest BCUT2D eigenvalue weighted by molar-refractivity contribution is 0.660. The number of hydrogen-bond acceptors (Lipinski definition) is 1. The predicted molar refractivity (Wildman–Crippen MR) is 255 cm³/mol. The Morgan fingerprint density at radius 2 is 0.767 bits per heavy atom. The quantitative estimate of drug-likeness (QED) is 0.146. The maximum Gasteiger partial charge on any atom is 0.0546 e. The summed E-state index contributed by atoms with van der Waals surface area (Å²) >= 11 is 0. The van der Waals surface area contributed by atoms with Crippen LogP contribution in [0, 0.1) is 0 Å². The molecule has 0 amide bonds. The molecular weight excluding hydrogens is 723 g/mol. The molecule has 10 aromatic rings. The van der Waals surface area contributed by atoms with Crippen LogP contribution in [0.5, 0.6) is 0 Å². The first-order chi connectivity index (χ1) is 29.5. The van der Waals surface area contributed by atoms with Crippen LogP contribution in [0.25, 0.3) is 77.2 Å². The molecule has 10 aromatic carbocycles. The van der Waals surface area contributed by atoms with Gasteiger partial charge in [0, 0.05) is 22.2 Å². The highest BCUT2D eigenvalue weighted by atomic mass is 15.1. The molecule has 0 N–H and O–H groups in total. The first kappa shape index (κ1) is 35.7. The van der Waals surface area contributed by atoms with Crippen LogP contribution < -0.4 is 4.90 Å². The van der Waals surface area contributed by atoms with Crippen molar-refractivity contribution in [3.63, 3.8) is 0 Å². The van der Waals surface area contributed by atoms with E-state index in [0.29, 0.717) is 0 Å². The van der Waals surface area contributed by atoms with Gasteiger partial charge in [-0.2, -0.15) is 0 Å². The van der Waals surface area contributed by atoms with Gasteiger partial charge in [-0.05, 0) is 113 Å². The van der Waals surface area contributed by atoms with Crippen molar-refractivity contribution in [3.8, 4) is 55.6 Å². The lowest BCUT2D eigenvalue weighted by Gasteiger charge is -2.30. The standard InChI is InChI=1S/C59H43N/c1-59(2)56-24-14-13-22-52(56)53-36-34-48(39-57(53)59)60(58-37-46-19-9-10-20-49(46)51-21-11-12-23-54(51)58)47-33-35-50(44-29-25-42(26-30-44)40-15-5-3-6-16-40)55(38-47)45-31-27-43(28-32-45)41-17-7-4-8-18-41/h3-39H,1-2H3. The second kappa shape index (κ2) is 14.4. The summed E-state index contributed by atoms with van der Waals surface area (Å²) < 4.78 is 0. The Balaban J connectivity index is 1.14. The number of hydrogen-bond donors (Lipinski definition) is 0. The van der Waals surface area contributed by atoms with Crippen molar-refractivity contribution in [2.75, 3.05) is 4.90 Å². The molecular formula is C59H43N. The topological polar surface area (TPSA) is 3.24 Å². The molecule has 0 saturated heterocycles. The van der Waals surface area contributed by atoms with Gasteiger partial charge in [-0.3, -0.25) is 0 Å². The van der Waals surface area contributed by atoms with Crippen LogP contribution in [-0.2, 0) is 5.41 Å². The van der Waals surface area contributed by atoms with E-state index in [1.165, 1.54) is 88.3 Å². The Kier molecular flexibility index (Phi) is 8.57. The molecule has 0 spiro atoms. The number of benzene rings is 10. The molecule has 0 unspecified atom stereocenters. The van der Waals surface area contributed by atoms with Crippen molar-refractivity contribution < 1.29 is 0 Å². The van der Waals surface area contributed by atoms with E-state index in [0.717, 1.165) is 17.1 Å². The molecule has 0 saturated carbocycles. The fourth-order valence-electron chi connectivity index (χ4n) is 9.59. The van der Waals surface area contributed by atoms with Crippen LogP contribution in [0.1, 0.15) is 25.0 Å². The summed E-state index contributed by atoms with van der Waals surface area (Å²) in [6.07, 6.45) is 0. The van der Waals surface area contributed by atoms with E-state index in [4.69, 9.17) is 0 Å². The Hall–Kier alpha value is -7.48. The summed E-state index contributed by atoms with van der Waals surface area (Å²) in [4.78, 5) is 2.50. The highest BCUT2D eigenvalue weighted by Crippen LogP contribution is 2.52. The summed E-state index contributed by atoms with van der Waals surface area (Å²) in [7, 11) is 0. The minimum atomic E-state index is -0.138. The highest BCUT2D eigenvalue weighted by molar-refractivity contribution is 6.14. The summed E-state index contributed by atoms with van der Waals surface area (Å²) in [5, 5.41) is 4.94. The Labute approximate surface area is 352 Å². The van der Waals surface area contributed by atoms with Crippen molar-refractivity contribution in [2.24, 2.45) is 0 Å². The second-order valence-electron chi connectivity index (χ2n) is 16.5. The summed E-state index contributed by atoms with van der Waals surface area (Å²) in [5.41, 5.74) is 18.2. The van der Waals surface area contributed by atoms with Crippen molar-refractivity contribution in [1.29, 1.82) is 0 Å². The molecule has 0 aliphatic heterocycles. The molecule has 1 aliphatic carbocycles. The SMILES string of the molecule is CC1(C)c2ccccc2-c2ccc(N(c3ccc(-c4ccc(-c5ccccc5)cc4)c(-c4ccc(-c5ccccc5)cc4)c3)c3cc4ccccc4c4ccccc34)cc21. The number of nitrogens with zero attached hydrogens (tertiary/aromatic N) is 1. The summed E-state index contributed by atoms with van der Waals surface area (Å²) in [6, 6.07) is 82.5. The van der Waals surface area contributed by atoms with Gasteiger partial charge in [-0.25, -0.2) is 0 Å². The normalized spacial score (nSPS) is 12.6. The molecule has 0 heterocycles. The maximum atomic E-state index is 2.50. The van der Waals surface area contributed by atoms with Crippen LogP contribution in [0.3, 0.4) is 0 Å². The van der Waals surface area contributed by atoms with Crippen molar-refractivity contribution in [1.82, 2.24) is 0 Å². The molecule has 0 bridgehead atoms. The zero-order valence-electron chi connectivity index (χ0n) is 33.8. The van der Waals surface area contributed by atoms with E-state index in [9.17, 15) is 0 Å². The highest BCUT2D eigenvalue weighted by Gasteiger charge is 2.36. The molecule has 0 fully saturated rings. The number of fused-ring (bicyclic) bond motifs is 6. The minimum Gasteiger partial charge on any atom is -0.310 e. The van der Waals surface area contributed by atoms with Crippen LogP contribution in [0.4, 0.5) is 17.1 Å². The van der Waals surface area contributed by atoms with Gasteiger partial charge in [0.1, 0.15) is 0 Å². The van der Waals surface area contributed by atoms with E-state index < -0.39 is 0 Å². The second-order valence-corrected chi connectivity index (χ2v) is 16.5. The van der Waals surface area contributed by atoms with Crippen molar-refractivity contribution in [2.45, 2.75) is 19.3 Å². The smallest absolute Gasteiger partial charge is 0.0546 e. The van der Waals surface area contributed by atoms with Crippen LogP contribution >= 0.6 is 0 Å². The third-order valence-corrected chi connectivity index (χ3v) is 12.7. The molecule has 1 heteroatoms. The first-order valence-electron chi connectivity index (χ1n) is 20.9. The van der Waals surface area contributed by atoms with Crippen LogP contribution in [0.2, 0.25) is 0 Å². The largest absolute Gasteiger partial charge is 0.310 e. The van der Waals surface area contributed by atoms with Crippen molar-refractivity contribution >= 4 is 38.6 Å². The van der Waals surface area contributed by atoms with Crippen molar-refractivity contribution in [3.05, 3.63) is 236 Å². The minimum absolute atomic E-state index is 0.138. The van der Waals surface area contributed by atoms with Gasteiger partial charge in [0.2, 0.25) is 0 Å². The summed E-state index contributed by atoms with van der Waals surface area (Å²) in [6.45, 7) is 4.73. The monoisotopic (exact) mass is 765 g/mol. The molecule has 284 valence electrons. The van der Waals surface area contributed by atoms with Gasteiger partial charge in [-0.1, -0.05) is 208 Å². The van der Waals surface area contributed by atoms with Gasteiger partial charge in [0.15, 0.2) is 0 Å². The van der Waals surface area contributed by atoms with Gasteiger partial charge < -0.3 is 4.90 Å². The summed E-state index contributed by atoms with van der Waals surface area (Å²) in [5.74, 6) is 0. The predicted octanol–water partition coefficient (Wildman–Crippen LogP) is 16.4. The molecule has 60 heavy (non-hydrogen) atoms.